The van der Waals surface area contributed by atoms with Crippen LogP contribution in [0.2, 0.25) is 0 Å². The number of hydrogen-bond donors (Lipinski definition) is 1. The minimum absolute atomic E-state index is 0.500. The molecule has 0 spiro atoms. The van der Waals surface area contributed by atoms with Crippen molar-refractivity contribution < 1.29 is 4.42 Å². The molecule has 0 saturated carbocycles. The molecule has 4 heteroatoms. The van der Waals surface area contributed by atoms with Crippen molar-refractivity contribution in [2.45, 2.75) is 37.1 Å². The molecule has 102 valence electrons. The van der Waals surface area contributed by atoms with Crippen molar-refractivity contribution in [3.63, 3.8) is 0 Å². The summed E-state index contributed by atoms with van der Waals surface area (Å²) < 4.78 is 6.49. The molecule has 1 aromatic heterocycles. The van der Waals surface area contributed by atoms with Gasteiger partial charge in [0.05, 0.1) is 12.0 Å². The van der Waals surface area contributed by atoms with Gasteiger partial charge in [-0.2, -0.15) is 0 Å². The van der Waals surface area contributed by atoms with E-state index < -0.39 is 0 Å². The third-order valence-corrected chi connectivity index (χ3v) is 4.44. The van der Waals surface area contributed by atoms with Gasteiger partial charge in [0.25, 0.3) is 0 Å². The Kier molecular flexibility index (Phi) is 5.55. The zero-order valence-electron chi connectivity index (χ0n) is 11.2. The van der Waals surface area contributed by atoms with Gasteiger partial charge in [-0.05, 0) is 29.8 Å². The lowest BCUT2D eigenvalue weighted by atomic mass is 10.2. The Morgan fingerprint density at radius 3 is 2.79 bits per heavy atom. The third-order valence-electron chi connectivity index (χ3n) is 2.69. The smallest absolute Gasteiger partial charge is 0.113 e. The summed E-state index contributed by atoms with van der Waals surface area (Å²) in [4.78, 5) is 1.25. The highest BCUT2D eigenvalue weighted by Crippen LogP contribution is 2.28. The molecule has 0 saturated heterocycles. The molecule has 0 aliphatic rings. The quantitative estimate of drug-likeness (QED) is 0.763. The summed E-state index contributed by atoms with van der Waals surface area (Å²) in [6.07, 6.45) is 1.71. The topological polar surface area (TPSA) is 25.2 Å². The van der Waals surface area contributed by atoms with Gasteiger partial charge >= 0.3 is 0 Å². The van der Waals surface area contributed by atoms with Crippen molar-refractivity contribution in [1.29, 1.82) is 0 Å². The molecule has 0 amide bonds. The Morgan fingerprint density at radius 1 is 1.32 bits per heavy atom. The average Bonchev–Trinajstić information content (AvgIpc) is 2.88. The highest BCUT2D eigenvalue weighted by molar-refractivity contribution is 9.10. The summed E-state index contributed by atoms with van der Waals surface area (Å²) >= 11 is 5.42. The van der Waals surface area contributed by atoms with Crippen molar-refractivity contribution in [3.05, 3.63) is 52.4 Å². The Morgan fingerprint density at radius 2 is 2.16 bits per heavy atom. The fourth-order valence-corrected chi connectivity index (χ4v) is 3.13. The van der Waals surface area contributed by atoms with Gasteiger partial charge in [0.1, 0.15) is 5.76 Å². The van der Waals surface area contributed by atoms with Crippen molar-refractivity contribution in [2.75, 3.05) is 0 Å². The molecule has 0 aliphatic carbocycles. The number of thioether (sulfide) groups is 1. The zero-order valence-corrected chi connectivity index (χ0v) is 13.6. The van der Waals surface area contributed by atoms with Crippen LogP contribution in [0.25, 0.3) is 0 Å². The van der Waals surface area contributed by atoms with Gasteiger partial charge in [0.2, 0.25) is 0 Å². The largest absolute Gasteiger partial charge is 0.468 e. The van der Waals surface area contributed by atoms with Gasteiger partial charge in [-0.15, -0.1) is 11.8 Å². The van der Waals surface area contributed by atoms with Gasteiger partial charge in [-0.3, -0.25) is 0 Å². The number of hydrogen-bond acceptors (Lipinski definition) is 3. The van der Waals surface area contributed by atoms with Crippen LogP contribution in [-0.4, -0.2) is 6.04 Å². The molecule has 1 heterocycles. The van der Waals surface area contributed by atoms with E-state index in [0.29, 0.717) is 6.04 Å². The van der Waals surface area contributed by atoms with E-state index in [2.05, 4.69) is 53.3 Å². The van der Waals surface area contributed by atoms with Gasteiger partial charge in [0, 0.05) is 22.0 Å². The number of halogens is 1. The van der Waals surface area contributed by atoms with E-state index in [4.69, 9.17) is 4.42 Å². The standard InChI is InChI=1S/C15H18BrNOS/c1-11(2)17-9-12-5-6-14(8-15(12)16)19-10-13-4-3-7-18-13/h3-8,11,17H,9-10H2,1-2H3. The first-order chi connectivity index (χ1) is 9.15. The van der Waals surface area contributed by atoms with Gasteiger partial charge < -0.3 is 9.73 Å². The van der Waals surface area contributed by atoms with Crippen LogP contribution in [0.15, 0.2) is 50.4 Å². The van der Waals surface area contributed by atoms with Crippen LogP contribution >= 0.6 is 27.7 Å². The highest BCUT2D eigenvalue weighted by Gasteiger charge is 2.04. The zero-order chi connectivity index (χ0) is 13.7. The SMILES string of the molecule is CC(C)NCc1ccc(SCc2ccco2)cc1Br. The fraction of sp³-hybridized carbons (Fsp3) is 0.333. The summed E-state index contributed by atoms with van der Waals surface area (Å²) in [5, 5.41) is 3.42. The third kappa shape index (κ3) is 4.71. The van der Waals surface area contributed by atoms with E-state index in [9.17, 15) is 0 Å². The van der Waals surface area contributed by atoms with Crippen LogP contribution in [0.3, 0.4) is 0 Å². The maximum absolute atomic E-state index is 5.33. The minimum atomic E-state index is 0.500. The molecule has 1 aromatic carbocycles. The first kappa shape index (κ1) is 14.7. The normalized spacial score (nSPS) is 11.2. The number of rotatable bonds is 6. The molecule has 0 radical (unpaired) electrons. The van der Waals surface area contributed by atoms with Gasteiger partial charge in [-0.25, -0.2) is 0 Å². The lowest BCUT2D eigenvalue weighted by Crippen LogP contribution is -2.21. The molecule has 0 aliphatic heterocycles. The van der Waals surface area contributed by atoms with E-state index in [1.807, 2.05) is 12.1 Å². The second-order valence-electron chi connectivity index (χ2n) is 4.66. The van der Waals surface area contributed by atoms with Gasteiger partial charge in [-0.1, -0.05) is 35.8 Å². The van der Waals surface area contributed by atoms with Crippen LogP contribution in [0, 0.1) is 0 Å². The van der Waals surface area contributed by atoms with E-state index in [-0.39, 0.29) is 0 Å². The van der Waals surface area contributed by atoms with Gasteiger partial charge in [0.15, 0.2) is 0 Å². The number of furan rings is 1. The molecule has 2 aromatic rings. The van der Waals surface area contributed by atoms with E-state index in [1.165, 1.54) is 10.5 Å². The van der Waals surface area contributed by atoms with Crippen LogP contribution in [0.5, 0.6) is 0 Å². The molecule has 2 rings (SSSR count). The second kappa shape index (κ2) is 7.17. The molecule has 0 bridgehead atoms. The van der Waals surface area contributed by atoms with Crippen LogP contribution in [0.4, 0.5) is 0 Å². The molecular formula is C15H18BrNOS. The van der Waals surface area contributed by atoms with Crippen molar-refractivity contribution >= 4 is 27.7 Å². The van der Waals surface area contributed by atoms with Crippen molar-refractivity contribution in [2.24, 2.45) is 0 Å². The minimum Gasteiger partial charge on any atom is -0.468 e. The second-order valence-corrected chi connectivity index (χ2v) is 6.56. The van der Waals surface area contributed by atoms with Crippen molar-refractivity contribution in [3.8, 4) is 0 Å². The molecule has 2 nitrogen and oxygen atoms in total. The number of benzene rings is 1. The predicted molar refractivity (Wildman–Crippen MR) is 84.4 cm³/mol. The Labute approximate surface area is 127 Å². The van der Waals surface area contributed by atoms with Crippen LogP contribution in [0.1, 0.15) is 25.2 Å². The first-order valence-corrected chi connectivity index (χ1v) is 8.10. The molecule has 0 fully saturated rings. The molecular weight excluding hydrogens is 322 g/mol. The average molecular weight is 340 g/mol. The summed E-state index contributed by atoms with van der Waals surface area (Å²) in [7, 11) is 0. The summed E-state index contributed by atoms with van der Waals surface area (Å²) in [6.45, 7) is 5.20. The van der Waals surface area contributed by atoms with E-state index >= 15 is 0 Å². The Balaban J connectivity index is 1.94. The summed E-state index contributed by atoms with van der Waals surface area (Å²) in [5.74, 6) is 1.87. The fourth-order valence-electron chi connectivity index (χ4n) is 1.62. The van der Waals surface area contributed by atoms with Crippen LogP contribution in [-0.2, 0) is 12.3 Å². The summed E-state index contributed by atoms with van der Waals surface area (Å²) in [5.41, 5.74) is 1.29. The van der Waals surface area contributed by atoms with Crippen LogP contribution < -0.4 is 5.32 Å². The Bertz CT molecular complexity index is 511. The molecule has 19 heavy (non-hydrogen) atoms. The maximum Gasteiger partial charge on any atom is 0.113 e. The molecule has 0 unspecified atom stereocenters. The lowest BCUT2D eigenvalue weighted by Gasteiger charge is -2.10. The first-order valence-electron chi connectivity index (χ1n) is 6.32. The monoisotopic (exact) mass is 339 g/mol. The van der Waals surface area contributed by atoms with E-state index in [1.54, 1.807) is 18.0 Å². The highest BCUT2D eigenvalue weighted by atomic mass is 79.9. The predicted octanol–water partition coefficient (Wildman–Crippen LogP) is 4.83. The molecule has 1 N–H and O–H groups in total. The van der Waals surface area contributed by atoms with Crippen molar-refractivity contribution in [1.82, 2.24) is 5.32 Å². The lowest BCUT2D eigenvalue weighted by molar-refractivity contribution is 0.530. The maximum atomic E-state index is 5.33. The Hall–Kier alpha value is -0.710. The summed E-state index contributed by atoms with van der Waals surface area (Å²) in [6, 6.07) is 10.9. The van der Waals surface area contributed by atoms with E-state index in [0.717, 1.165) is 22.5 Å². The molecule has 0 atom stereocenters. The number of nitrogens with one attached hydrogen (secondary N) is 1.